The number of hydrogen-bond donors (Lipinski definition) is 1. The molecule has 0 spiro atoms. The van der Waals surface area contributed by atoms with Gasteiger partial charge in [-0.2, -0.15) is 0 Å². The van der Waals surface area contributed by atoms with Crippen molar-refractivity contribution >= 4 is 0 Å². The molecule has 2 nitrogen and oxygen atoms in total. The van der Waals surface area contributed by atoms with Gasteiger partial charge in [0.2, 0.25) is 0 Å². The van der Waals surface area contributed by atoms with Crippen LogP contribution in [0.3, 0.4) is 0 Å². The van der Waals surface area contributed by atoms with E-state index < -0.39 is 0 Å². The molecule has 1 fully saturated rings. The minimum Gasteiger partial charge on any atom is -0.311 e. The Balaban J connectivity index is 2.15. The SMILES string of the molecule is CCCN1CCC(N[C@H](C)CC)CC1. The summed E-state index contributed by atoms with van der Waals surface area (Å²) >= 11 is 0. The van der Waals surface area contributed by atoms with Crippen molar-refractivity contribution in [3.8, 4) is 0 Å². The normalized spacial score (nSPS) is 22.5. The van der Waals surface area contributed by atoms with Gasteiger partial charge in [0, 0.05) is 12.1 Å². The highest BCUT2D eigenvalue weighted by Crippen LogP contribution is 2.11. The van der Waals surface area contributed by atoms with E-state index in [0.29, 0.717) is 6.04 Å². The zero-order chi connectivity index (χ0) is 10.4. The number of likely N-dealkylation sites (tertiary alicyclic amines) is 1. The predicted octanol–water partition coefficient (Wildman–Crippen LogP) is 2.25. The van der Waals surface area contributed by atoms with Crippen LogP contribution in [0.15, 0.2) is 0 Å². The Morgan fingerprint density at radius 3 is 2.43 bits per heavy atom. The van der Waals surface area contributed by atoms with Crippen LogP contribution < -0.4 is 5.32 Å². The first-order valence-corrected chi connectivity index (χ1v) is 6.24. The molecule has 14 heavy (non-hydrogen) atoms. The van der Waals surface area contributed by atoms with Gasteiger partial charge in [0.05, 0.1) is 0 Å². The Morgan fingerprint density at radius 2 is 1.93 bits per heavy atom. The van der Waals surface area contributed by atoms with Crippen LogP contribution in [0.4, 0.5) is 0 Å². The van der Waals surface area contributed by atoms with Crippen LogP contribution in [0.2, 0.25) is 0 Å². The molecule has 0 saturated carbocycles. The van der Waals surface area contributed by atoms with Crippen molar-refractivity contribution in [2.24, 2.45) is 0 Å². The molecular formula is C12H26N2. The van der Waals surface area contributed by atoms with Gasteiger partial charge in [-0.05, 0) is 52.2 Å². The fraction of sp³-hybridized carbons (Fsp3) is 1.00. The lowest BCUT2D eigenvalue weighted by molar-refractivity contribution is 0.192. The van der Waals surface area contributed by atoms with Crippen molar-refractivity contribution in [2.45, 2.75) is 58.5 Å². The zero-order valence-electron chi connectivity index (χ0n) is 10.1. The first kappa shape index (κ1) is 12.0. The number of piperidine rings is 1. The first-order chi connectivity index (χ1) is 6.76. The van der Waals surface area contributed by atoms with Crippen molar-refractivity contribution in [1.82, 2.24) is 10.2 Å². The summed E-state index contributed by atoms with van der Waals surface area (Å²) in [5.74, 6) is 0. The number of rotatable bonds is 5. The standard InChI is InChI=1S/C12H26N2/c1-4-8-14-9-6-12(7-10-14)13-11(3)5-2/h11-13H,4-10H2,1-3H3/t11-/m1/s1. The summed E-state index contributed by atoms with van der Waals surface area (Å²) in [5, 5.41) is 3.70. The second-order valence-electron chi connectivity index (χ2n) is 4.59. The van der Waals surface area contributed by atoms with E-state index in [1.807, 2.05) is 0 Å². The fourth-order valence-corrected chi connectivity index (χ4v) is 2.16. The summed E-state index contributed by atoms with van der Waals surface area (Å²) in [6.07, 6.45) is 5.22. The van der Waals surface area contributed by atoms with Crippen molar-refractivity contribution < 1.29 is 0 Å². The van der Waals surface area contributed by atoms with Gasteiger partial charge in [-0.3, -0.25) is 0 Å². The average molecular weight is 198 g/mol. The van der Waals surface area contributed by atoms with Crippen molar-refractivity contribution in [2.75, 3.05) is 19.6 Å². The molecular weight excluding hydrogens is 172 g/mol. The van der Waals surface area contributed by atoms with E-state index in [0.717, 1.165) is 6.04 Å². The smallest absolute Gasteiger partial charge is 0.00938 e. The topological polar surface area (TPSA) is 15.3 Å². The predicted molar refractivity (Wildman–Crippen MR) is 62.6 cm³/mol. The molecule has 1 rings (SSSR count). The molecule has 1 saturated heterocycles. The van der Waals surface area contributed by atoms with E-state index in [9.17, 15) is 0 Å². The first-order valence-electron chi connectivity index (χ1n) is 6.24. The highest BCUT2D eigenvalue weighted by atomic mass is 15.1. The summed E-state index contributed by atoms with van der Waals surface area (Å²) < 4.78 is 0. The second-order valence-corrected chi connectivity index (χ2v) is 4.59. The zero-order valence-corrected chi connectivity index (χ0v) is 10.1. The van der Waals surface area contributed by atoms with E-state index >= 15 is 0 Å². The van der Waals surface area contributed by atoms with Crippen LogP contribution >= 0.6 is 0 Å². The van der Waals surface area contributed by atoms with Crippen LogP contribution in [-0.4, -0.2) is 36.6 Å². The molecule has 0 bridgehead atoms. The Hall–Kier alpha value is -0.0800. The second kappa shape index (κ2) is 6.41. The summed E-state index contributed by atoms with van der Waals surface area (Å²) in [7, 11) is 0. The van der Waals surface area contributed by atoms with Gasteiger partial charge in [-0.15, -0.1) is 0 Å². The molecule has 0 aromatic heterocycles. The molecule has 1 aliphatic heterocycles. The highest BCUT2D eigenvalue weighted by molar-refractivity contribution is 4.78. The van der Waals surface area contributed by atoms with E-state index in [2.05, 4.69) is 31.0 Å². The molecule has 0 aromatic rings. The van der Waals surface area contributed by atoms with Crippen molar-refractivity contribution in [3.05, 3.63) is 0 Å². The summed E-state index contributed by atoms with van der Waals surface area (Å²) in [4.78, 5) is 2.59. The molecule has 1 aliphatic rings. The van der Waals surface area contributed by atoms with Crippen LogP contribution in [0.1, 0.15) is 46.5 Å². The monoisotopic (exact) mass is 198 g/mol. The van der Waals surface area contributed by atoms with E-state index in [1.165, 1.54) is 45.3 Å². The fourth-order valence-electron chi connectivity index (χ4n) is 2.16. The van der Waals surface area contributed by atoms with Crippen molar-refractivity contribution in [1.29, 1.82) is 0 Å². The Bertz CT molecular complexity index is 139. The molecule has 84 valence electrons. The molecule has 1 N–H and O–H groups in total. The molecule has 1 heterocycles. The van der Waals surface area contributed by atoms with Gasteiger partial charge >= 0.3 is 0 Å². The average Bonchev–Trinajstić information content (AvgIpc) is 2.21. The Kier molecular flexibility index (Phi) is 5.49. The Morgan fingerprint density at radius 1 is 1.29 bits per heavy atom. The van der Waals surface area contributed by atoms with Gasteiger partial charge in [-0.1, -0.05) is 13.8 Å². The summed E-state index contributed by atoms with van der Waals surface area (Å²) in [5.41, 5.74) is 0. The van der Waals surface area contributed by atoms with Gasteiger partial charge < -0.3 is 10.2 Å². The molecule has 0 aromatic carbocycles. The third kappa shape index (κ3) is 3.97. The lowest BCUT2D eigenvalue weighted by Crippen LogP contribution is -2.45. The maximum atomic E-state index is 3.70. The van der Waals surface area contributed by atoms with Gasteiger partial charge in [0.25, 0.3) is 0 Å². The molecule has 2 heteroatoms. The summed E-state index contributed by atoms with van der Waals surface area (Å²) in [6.45, 7) is 10.7. The van der Waals surface area contributed by atoms with E-state index in [-0.39, 0.29) is 0 Å². The summed E-state index contributed by atoms with van der Waals surface area (Å²) in [6, 6.07) is 1.47. The molecule has 0 amide bonds. The molecule has 0 radical (unpaired) electrons. The lowest BCUT2D eigenvalue weighted by Gasteiger charge is -2.33. The van der Waals surface area contributed by atoms with E-state index in [4.69, 9.17) is 0 Å². The molecule has 0 unspecified atom stereocenters. The third-order valence-corrected chi connectivity index (χ3v) is 3.26. The Labute approximate surface area is 89.1 Å². The number of nitrogens with one attached hydrogen (secondary N) is 1. The molecule has 0 aliphatic carbocycles. The van der Waals surface area contributed by atoms with Crippen molar-refractivity contribution in [3.63, 3.8) is 0 Å². The van der Waals surface area contributed by atoms with Crippen LogP contribution in [-0.2, 0) is 0 Å². The largest absolute Gasteiger partial charge is 0.311 e. The van der Waals surface area contributed by atoms with E-state index in [1.54, 1.807) is 0 Å². The minimum atomic E-state index is 0.692. The van der Waals surface area contributed by atoms with Gasteiger partial charge in [0.1, 0.15) is 0 Å². The van der Waals surface area contributed by atoms with Crippen LogP contribution in [0, 0.1) is 0 Å². The van der Waals surface area contributed by atoms with Crippen LogP contribution in [0.5, 0.6) is 0 Å². The number of nitrogens with zero attached hydrogens (tertiary/aromatic N) is 1. The third-order valence-electron chi connectivity index (χ3n) is 3.26. The minimum absolute atomic E-state index is 0.692. The lowest BCUT2D eigenvalue weighted by atomic mass is 10.0. The quantitative estimate of drug-likeness (QED) is 0.729. The van der Waals surface area contributed by atoms with Gasteiger partial charge in [-0.25, -0.2) is 0 Å². The molecule has 1 atom stereocenters. The highest BCUT2D eigenvalue weighted by Gasteiger charge is 2.18. The number of hydrogen-bond acceptors (Lipinski definition) is 2. The van der Waals surface area contributed by atoms with Gasteiger partial charge in [0.15, 0.2) is 0 Å². The maximum absolute atomic E-state index is 3.70. The van der Waals surface area contributed by atoms with Crippen LogP contribution in [0.25, 0.3) is 0 Å². The maximum Gasteiger partial charge on any atom is 0.00938 e.